The SMILES string of the molecule is CC(Nc1nc(Cl)nc(Cl)n1)c1ncc[nH]1. The lowest BCUT2D eigenvalue weighted by Crippen LogP contribution is -2.11. The molecule has 84 valence electrons. The number of hydrogen-bond donors (Lipinski definition) is 2. The van der Waals surface area contributed by atoms with Crippen molar-refractivity contribution in [2.45, 2.75) is 13.0 Å². The summed E-state index contributed by atoms with van der Waals surface area (Å²) < 4.78 is 0. The van der Waals surface area contributed by atoms with Crippen molar-refractivity contribution in [3.63, 3.8) is 0 Å². The second kappa shape index (κ2) is 4.63. The highest BCUT2D eigenvalue weighted by Gasteiger charge is 2.10. The topological polar surface area (TPSA) is 79.4 Å². The van der Waals surface area contributed by atoms with E-state index in [1.165, 1.54) is 0 Å². The number of halogens is 2. The van der Waals surface area contributed by atoms with Crippen molar-refractivity contribution in [1.82, 2.24) is 24.9 Å². The van der Waals surface area contributed by atoms with Gasteiger partial charge in [-0.3, -0.25) is 0 Å². The molecule has 0 saturated heterocycles. The van der Waals surface area contributed by atoms with Gasteiger partial charge in [0.1, 0.15) is 5.82 Å². The molecule has 0 fully saturated rings. The van der Waals surface area contributed by atoms with E-state index < -0.39 is 0 Å². The van der Waals surface area contributed by atoms with Crippen LogP contribution >= 0.6 is 23.2 Å². The molecule has 1 unspecified atom stereocenters. The fourth-order valence-electron chi connectivity index (χ4n) is 1.17. The Morgan fingerprint density at radius 3 is 2.50 bits per heavy atom. The van der Waals surface area contributed by atoms with Crippen LogP contribution in [0.3, 0.4) is 0 Å². The molecule has 2 rings (SSSR count). The van der Waals surface area contributed by atoms with E-state index in [0.717, 1.165) is 5.82 Å². The maximum absolute atomic E-state index is 5.65. The van der Waals surface area contributed by atoms with E-state index in [1.807, 2.05) is 6.92 Å². The summed E-state index contributed by atoms with van der Waals surface area (Å²) in [6.07, 6.45) is 3.40. The minimum absolute atomic E-state index is 0.0501. The molecule has 2 heterocycles. The Kier molecular flexibility index (Phi) is 3.21. The van der Waals surface area contributed by atoms with Crippen LogP contribution in [0.15, 0.2) is 12.4 Å². The number of rotatable bonds is 3. The smallest absolute Gasteiger partial charge is 0.228 e. The van der Waals surface area contributed by atoms with Gasteiger partial charge in [0.15, 0.2) is 0 Å². The van der Waals surface area contributed by atoms with E-state index in [2.05, 4.69) is 30.2 Å². The molecule has 0 amide bonds. The summed E-state index contributed by atoms with van der Waals surface area (Å²) >= 11 is 11.3. The molecule has 0 saturated carbocycles. The number of hydrogen-bond acceptors (Lipinski definition) is 5. The highest BCUT2D eigenvalue weighted by atomic mass is 35.5. The molecule has 6 nitrogen and oxygen atoms in total. The Morgan fingerprint density at radius 2 is 1.94 bits per heavy atom. The minimum Gasteiger partial charge on any atom is -0.347 e. The number of imidazole rings is 1. The van der Waals surface area contributed by atoms with Gasteiger partial charge in [-0.2, -0.15) is 15.0 Å². The predicted molar refractivity (Wildman–Crippen MR) is 60.5 cm³/mol. The van der Waals surface area contributed by atoms with E-state index in [0.29, 0.717) is 5.95 Å². The number of anilines is 1. The average Bonchev–Trinajstić information content (AvgIpc) is 2.68. The molecular formula is C8H8Cl2N6. The number of nitrogens with zero attached hydrogens (tertiary/aromatic N) is 4. The Hall–Kier alpha value is -1.40. The number of H-pyrrole nitrogens is 1. The predicted octanol–water partition coefficient (Wildman–Crippen LogP) is 2.07. The van der Waals surface area contributed by atoms with Crippen molar-refractivity contribution >= 4 is 29.2 Å². The van der Waals surface area contributed by atoms with Crippen LogP contribution in [0.5, 0.6) is 0 Å². The van der Waals surface area contributed by atoms with Crippen molar-refractivity contribution in [3.8, 4) is 0 Å². The first-order valence-electron chi connectivity index (χ1n) is 4.48. The van der Waals surface area contributed by atoms with Crippen molar-refractivity contribution < 1.29 is 0 Å². The first-order valence-corrected chi connectivity index (χ1v) is 5.23. The van der Waals surface area contributed by atoms with Gasteiger partial charge in [-0.05, 0) is 30.1 Å². The van der Waals surface area contributed by atoms with Crippen molar-refractivity contribution in [2.75, 3.05) is 5.32 Å². The molecule has 2 aromatic rings. The van der Waals surface area contributed by atoms with E-state index in [9.17, 15) is 0 Å². The van der Waals surface area contributed by atoms with Crippen LogP contribution in [0.1, 0.15) is 18.8 Å². The van der Waals surface area contributed by atoms with Gasteiger partial charge in [0, 0.05) is 12.4 Å². The van der Waals surface area contributed by atoms with Crippen LogP contribution in [0.4, 0.5) is 5.95 Å². The lowest BCUT2D eigenvalue weighted by atomic mass is 10.3. The van der Waals surface area contributed by atoms with Crippen molar-refractivity contribution in [1.29, 1.82) is 0 Å². The molecule has 2 aromatic heterocycles. The first-order chi connectivity index (χ1) is 7.65. The molecule has 8 heteroatoms. The van der Waals surface area contributed by atoms with E-state index in [4.69, 9.17) is 23.2 Å². The van der Waals surface area contributed by atoms with Gasteiger partial charge in [0.2, 0.25) is 16.5 Å². The van der Waals surface area contributed by atoms with Crippen LogP contribution < -0.4 is 5.32 Å². The third-order valence-corrected chi connectivity index (χ3v) is 2.19. The summed E-state index contributed by atoms with van der Waals surface area (Å²) in [4.78, 5) is 18.5. The second-order valence-electron chi connectivity index (χ2n) is 3.04. The van der Waals surface area contributed by atoms with Crippen LogP contribution in [0.25, 0.3) is 0 Å². The second-order valence-corrected chi connectivity index (χ2v) is 3.71. The maximum atomic E-state index is 5.65. The standard InChI is InChI=1S/C8H8Cl2N6/c1-4(5-11-2-3-12-5)13-8-15-6(9)14-7(10)16-8/h2-4H,1H3,(H,11,12)(H,13,14,15,16). The monoisotopic (exact) mass is 258 g/mol. The zero-order valence-corrected chi connectivity index (χ0v) is 9.79. The number of aromatic nitrogens is 5. The van der Waals surface area contributed by atoms with Crippen molar-refractivity contribution in [2.24, 2.45) is 0 Å². The Morgan fingerprint density at radius 1 is 1.25 bits per heavy atom. The molecule has 0 aliphatic carbocycles. The highest BCUT2D eigenvalue weighted by Crippen LogP contribution is 2.15. The zero-order valence-electron chi connectivity index (χ0n) is 8.28. The summed E-state index contributed by atoms with van der Waals surface area (Å²) in [5, 5.41) is 3.10. The van der Waals surface area contributed by atoms with Crippen LogP contribution in [-0.2, 0) is 0 Å². The van der Waals surface area contributed by atoms with Crippen molar-refractivity contribution in [3.05, 3.63) is 28.8 Å². The van der Waals surface area contributed by atoms with E-state index in [1.54, 1.807) is 12.4 Å². The first kappa shape index (κ1) is 11.1. The summed E-state index contributed by atoms with van der Waals surface area (Å²) in [7, 11) is 0. The molecule has 0 radical (unpaired) electrons. The largest absolute Gasteiger partial charge is 0.347 e. The Bertz CT molecular complexity index is 451. The van der Waals surface area contributed by atoms with Crippen LogP contribution in [-0.4, -0.2) is 24.9 Å². The quantitative estimate of drug-likeness (QED) is 0.882. The van der Waals surface area contributed by atoms with Gasteiger partial charge in [0.25, 0.3) is 0 Å². The summed E-state index contributed by atoms with van der Waals surface area (Å²) in [5.41, 5.74) is 0. The Labute approximate surface area is 101 Å². The summed E-state index contributed by atoms with van der Waals surface area (Å²) in [6.45, 7) is 1.91. The van der Waals surface area contributed by atoms with Gasteiger partial charge in [-0.15, -0.1) is 0 Å². The van der Waals surface area contributed by atoms with Gasteiger partial charge < -0.3 is 10.3 Å². The molecular weight excluding hydrogens is 251 g/mol. The number of aromatic amines is 1. The Balaban J connectivity index is 2.15. The summed E-state index contributed by atoms with van der Waals surface area (Å²) in [6, 6.07) is -0.0791. The zero-order chi connectivity index (χ0) is 11.5. The van der Waals surface area contributed by atoms with Gasteiger partial charge in [0.05, 0.1) is 6.04 Å². The highest BCUT2D eigenvalue weighted by molar-refractivity contribution is 6.31. The average molecular weight is 259 g/mol. The van der Waals surface area contributed by atoms with E-state index >= 15 is 0 Å². The lowest BCUT2D eigenvalue weighted by Gasteiger charge is -2.10. The fourth-order valence-corrected chi connectivity index (χ4v) is 1.53. The minimum atomic E-state index is -0.0791. The molecule has 1 atom stereocenters. The third kappa shape index (κ3) is 2.59. The van der Waals surface area contributed by atoms with Crippen LogP contribution in [0.2, 0.25) is 10.6 Å². The molecule has 0 aliphatic rings. The van der Waals surface area contributed by atoms with Crippen LogP contribution in [0, 0.1) is 0 Å². The number of nitrogens with one attached hydrogen (secondary N) is 2. The molecule has 16 heavy (non-hydrogen) atoms. The molecule has 0 spiro atoms. The van der Waals surface area contributed by atoms with Gasteiger partial charge >= 0.3 is 0 Å². The molecule has 0 aliphatic heterocycles. The van der Waals surface area contributed by atoms with Gasteiger partial charge in [-0.25, -0.2) is 4.98 Å². The summed E-state index contributed by atoms with van der Waals surface area (Å²) in [5.74, 6) is 1.08. The van der Waals surface area contributed by atoms with E-state index in [-0.39, 0.29) is 16.6 Å². The lowest BCUT2D eigenvalue weighted by molar-refractivity contribution is 0.792. The normalized spacial score (nSPS) is 12.4. The molecule has 0 aromatic carbocycles. The molecule has 2 N–H and O–H groups in total. The van der Waals surface area contributed by atoms with Gasteiger partial charge in [-0.1, -0.05) is 0 Å². The molecule has 0 bridgehead atoms. The maximum Gasteiger partial charge on any atom is 0.228 e. The fraction of sp³-hybridized carbons (Fsp3) is 0.250. The third-order valence-electron chi connectivity index (χ3n) is 1.86.